The van der Waals surface area contributed by atoms with Crippen LogP contribution >= 0.6 is 11.3 Å². The zero-order valence-electron chi connectivity index (χ0n) is 14.9. The molecule has 0 radical (unpaired) electrons. The summed E-state index contributed by atoms with van der Waals surface area (Å²) in [5.74, 6) is 0.137. The van der Waals surface area contributed by atoms with E-state index in [1.807, 2.05) is 16.8 Å². The Hall–Kier alpha value is -0.390. The Morgan fingerprint density at radius 2 is 1.83 bits per heavy atom. The zero-order valence-corrected chi connectivity index (χ0v) is 17.3. The number of thiophene rings is 1. The third-order valence-electron chi connectivity index (χ3n) is 4.10. The molecule has 0 saturated heterocycles. The molecule has 134 valence electrons. The van der Waals surface area contributed by atoms with E-state index >= 15 is 0 Å². The van der Waals surface area contributed by atoms with Crippen LogP contribution in [-0.4, -0.2) is 44.1 Å². The van der Waals surface area contributed by atoms with Crippen molar-refractivity contribution in [1.29, 1.82) is 0 Å². The second kappa shape index (κ2) is 13.0. The van der Waals surface area contributed by atoms with Crippen LogP contribution in [0, 0.1) is 0 Å². The average molecular weight is 405 g/mol. The topological polar surface area (TPSA) is 29.1 Å². The maximum absolute atomic E-state index is 11.8. The van der Waals surface area contributed by atoms with Crippen LogP contribution in [0.25, 0.3) is 0 Å². The van der Waals surface area contributed by atoms with Gasteiger partial charge in [-0.3, -0.25) is 4.79 Å². The molecule has 0 bridgehead atoms. The summed E-state index contributed by atoms with van der Waals surface area (Å²) >= 11 is 1.64. The van der Waals surface area contributed by atoms with Crippen molar-refractivity contribution in [3.63, 3.8) is 0 Å². The van der Waals surface area contributed by atoms with Gasteiger partial charge in [0.2, 0.25) is 5.91 Å². The lowest BCUT2D eigenvalue weighted by Crippen LogP contribution is -3.00. The van der Waals surface area contributed by atoms with Crippen molar-refractivity contribution < 1.29 is 26.3 Å². The van der Waals surface area contributed by atoms with Gasteiger partial charge >= 0.3 is 0 Å². The first-order valence-electron chi connectivity index (χ1n) is 8.63. The fraction of sp³-hybridized carbons (Fsp3) is 0.722. The standard InChI is InChI=1S/C18H32N2OS.BrH/c1-4-5-6-7-8-9-12-20(2,3)13-11-19-18(21)15-17-10-14-22-16-17;/h10,14,16H,4-9,11-13,15H2,1-3H3;1H. The highest BCUT2D eigenvalue weighted by atomic mass is 79.9. The maximum Gasteiger partial charge on any atom is 0.224 e. The molecule has 1 amide bonds. The monoisotopic (exact) mass is 404 g/mol. The van der Waals surface area contributed by atoms with Gasteiger partial charge in [0.1, 0.15) is 0 Å². The summed E-state index contributed by atoms with van der Waals surface area (Å²) in [6, 6.07) is 2.02. The number of nitrogens with one attached hydrogen (secondary N) is 1. The van der Waals surface area contributed by atoms with Crippen LogP contribution < -0.4 is 22.3 Å². The van der Waals surface area contributed by atoms with Crippen LogP contribution in [0.4, 0.5) is 0 Å². The molecule has 5 heteroatoms. The van der Waals surface area contributed by atoms with Gasteiger partial charge in [0, 0.05) is 0 Å². The van der Waals surface area contributed by atoms with E-state index in [0.717, 1.165) is 23.1 Å². The molecule has 3 nitrogen and oxygen atoms in total. The van der Waals surface area contributed by atoms with E-state index in [1.165, 1.54) is 45.1 Å². The van der Waals surface area contributed by atoms with Crippen LogP contribution in [0.2, 0.25) is 0 Å². The van der Waals surface area contributed by atoms with Crippen LogP contribution in [0.15, 0.2) is 16.8 Å². The molecule has 23 heavy (non-hydrogen) atoms. The molecule has 1 N–H and O–H groups in total. The van der Waals surface area contributed by atoms with E-state index < -0.39 is 0 Å². The minimum absolute atomic E-state index is 0. The van der Waals surface area contributed by atoms with Gasteiger partial charge in [0.15, 0.2) is 0 Å². The van der Waals surface area contributed by atoms with Crippen LogP contribution in [-0.2, 0) is 11.2 Å². The average Bonchev–Trinajstić information content (AvgIpc) is 2.95. The van der Waals surface area contributed by atoms with E-state index in [1.54, 1.807) is 11.3 Å². The number of carbonyl (C=O) groups excluding carboxylic acids is 1. The van der Waals surface area contributed by atoms with E-state index in [0.29, 0.717) is 6.42 Å². The Kier molecular flexibility index (Phi) is 12.7. The summed E-state index contributed by atoms with van der Waals surface area (Å²) in [5.41, 5.74) is 1.11. The lowest BCUT2D eigenvalue weighted by atomic mass is 10.1. The van der Waals surface area contributed by atoms with Gasteiger partial charge in [0.05, 0.1) is 40.2 Å². The fourth-order valence-electron chi connectivity index (χ4n) is 2.57. The van der Waals surface area contributed by atoms with Crippen molar-refractivity contribution in [2.24, 2.45) is 0 Å². The largest absolute Gasteiger partial charge is 1.00 e. The van der Waals surface area contributed by atoms with Crippen LogP contribution in [0.3, 0.4) is 0 Å². The molecule has 0 aliphatic carbocycles. The van der Waals surface area contributed by atoms with Crippen LogP contribution in [0.5, 0.6) is 0 Å². The lowest BCUT2D eigenvalue weighted by Gasteiger charge is -2.30. The normalized spacial score (nSPS) is 11.1. The second-order valence-electron chi connectivity index (χ2n) is 6.81. The van der Waals surface area contributed by atoms with Crippen molar-refractivity contribution in [2.45, 2.75) is 51.9 Å². The molecule has 0 saturated carbocycles. The smallest absolute Gasteiger partial charge is 0.224 e. The SMILES string of the molecule is CCCCCCCC[N+](C)(C)CCNC(=O)Cc1ccsc1.[Br-]. The van der Waals surface area contributed by atoms with Gasteiger partial charge in [-0.25, -0.2) is 0 Å². The number of unbranched alkanes of at least 4 members (excludes halogenated alkanes) is 5. The fourth-order valence-corrected chi connectivity index (χ4v) is 3.24. The highest BCUT2D eigenvalue weighted by Crippen LogP contribution is 2.08. The number of amides is 1. The summed E-state index contributed by atoms with van der Waals surface area (Å²) in [6.07, 6.45) is 8.56. The van der Waals surface area contributed by atoms with E-state index in [4.69, 9.17) is 0 Å². The van der Waals surface area contributed by atoms with Gasteiger partial charge in [-0.1, -0.05) is 32.6 Å². The Morgan fingerprint density at radius 1 is 1.13 bits per heavy atom. The third-order valence-corrected chi connectivity index (χ3v) is 4.83. The number of quaternary nitrogens is 1. The molecule has 1 aromatic heterocycles. The molecule has 0 fully saturated rings. The Balaban J connectivity index is 0.00000484. The quantitative estimate of drug-likeness (QED) is 0.406. The first-order valence-corrected chi connectivity index (χ1v) is 9.57. The number of halogens is 1. The molecule has 1 aromatic rings. The molecule has 0 aromatic carbocycles. The summed E-state index contributed by atoms with van der Waals surface area (Å²) in [4.78, 5) is 11.8. The number of likely N-dealkylation sites (N-methyl/N-ethyl adjacent to an activating group) is 1. The summed E-state index contributed by atoms with van der Waals surface area (Å²) in [6.45, 7) is 5.23. The first-order chi connectivity index (χ1) is 10.5. The number of nitrogens with zero attached hydrogens (tertiary/aromatic N) is 1. The van der Waals surface area contributed by atoms with Gasteiger partial charge < -0.3 is 26.8 Å². The van der Waals surface area contributed by atoms with Crippen molar-refractivity contribution in [2.75, 3.05) is 33.7 Å². The van der Waals surface area contributed by atoms with E-state index in [-0.39, 0.29) is 22.9 Å². The van der Waals surface area contributed by atoms with E-state index in [2.05, 4.69) is 26.3 Å². The Bertz CT molecular complexity index is 407. The number of hydrogen-bond donors (Lipinski definition) is 1. The summed E-state index contributed by atoms with van der Waals surface area (Å²) < 4.78 is 0.993. The number of carbonyl (C=O) groups is 1. The minimum Gasteiger partial charge on any atom is -1.00 e. The highest BCUT2D eigenvalue weighted by Gasteiger charge is 2.14. The molecular weight excluding hydrogens is 372 g/mol. The Morgan fingerprint density at radius 3 is 2.48 bits per heavy atom. The van der Waals surface area contributed by atoms with Crippen LogP contribution in [0.1, 0.15) is 51.0 Å². The predicted molar refractivity (Wildman–Crippen MR) is 96.3 cm³/mol. The Labute approximate surface area is 156 Å². The lowest BCUT2D eigenvalue weighted by molar-refractivity contribution is -0.889. The molecule has 0 aliphatic rings. The molecule has 0 atom stereocenters. The summed E-state index contributed by atoms with van der Waals surface area (Å²) in [7, 11) is 4.52. The molecule has 0 spiro atoms. The van der Waals surface area contributed by atoms with Gasteiger partial charge in [0.25, 0.3) is 0 Å². The van der Waals surface area contributed by atoms with Crippen molar-refractivity contribution in [3.8, 4) is 0 Å². The molecule has 0 unspecified atom stereocenters. The minimum atomic E-state index is 0. The summed E-state index contributed by atoms with van der Waals surface area (Å²) in [5, 5.41) is 7.10. The van der Waals surface area contributed by atoms with Crippen molar-refractivity contribution in [3.05, 3.63) is 22.4 Å². The molecule has 1 heterocycles. The van der Waals surface area contributed by atoms with Gasteiger partial charge in [-0.15, -0.1) is 0 Å². The number of hydrogen-bond acceptors (Lipinski definition) is 2. The zero-order chi connectivity index (χ0) is 16.3. The van der Waals surface area contributed by atoms with Gasteiger partial charge in [-0.05, 0) is 35.2 Å². The molecule has 0 aliphatic heterocycles. The van der Waals surface area contributed by atoms with Crippen molar-refractivity contribution in [1.82, 2.24) is 5.32 Å². The second-order valence-corrected chi connectivity index (χ2v) is 7.59. The number of rotatable bonds is 12. The van der Waals surface area contributed by atoms with Crippen molar-refractivity contribution >= 4 is 17.2 Å². The van der Waals surface area contributed by atoms with E-state index in [9.17, 15) is 4.79 Å². The van der Waals surface area contributed by atoms with Gasteiger partial charge in [-0.2, -0.15) is 11.3 Å². The highest BCUT2D eigenvalue weighted by molar-refractivity contribution is 7.07. The maximum atomic E-state index is 11.8. The molecular formula is C18H33BrN2OS. The third kappa shape index (κ3) is 11.7. The predicted octanol–water partition coefficient (Wildman–Crippen LogP) is 0.848. The first kappa shape index (κ1) is 22.6. The molecule has 1 rings (SSSR count).